The Balaban J connectivity index is 1.59. The van der Waals surface area contributed by atoms with E-state index in [1.807, 2.05) is 12.1 Å². The highest BCUT2D eigenvalue weighted by atomic mass is 16.5. The average Bonchev–Trinajstić information content (AvgIpc) is 2.65. The van der Waals surface area contributed by atoms with Crippen molar-refractivity contribution in [2.75, 3.05) is 47.9 Å². The van der Waals surface area contributed by atoms with Crippen LogP contribution >= 0.6 is 0 Å². The van der Waals surface area contributed by atoms with Crippen molar-refractivity contribution in [3.63, 3.8) is 0 Å². The monoisotopic (exact) mass is 354 g/mol. The molecule has 0 radical (unpaired) electrons. The molecule has 138 valence electrons. The number of nitrogens with one attached hydrogen (secondary N) is 1. The topological polar surface area (TPSA) is 57.7 Å². The van der Waals surface area contributed by atoms with Crippen LogP contribution in [0.3, 0.4) is 0 Å². The number of aromatic nitrogens is 1. The van der Waals surface area contributed by atoms with Crippen LogP contribution in [0.25, 0.3) is 0 Å². The van der Waals surface area contributed by atoms with Gasteiger partial charge in [-0.15, -0.1) is 0 Å². The number of piperazine rings is 1. The molecule has 6 heteroatoms. The second kappa shape index (κ2) is 8.08. The molecule has 1 aliphatic rings. The van der Waals surface area contributed by atoms with Crippen LogP contribution < -0.4 is 15.1 Å². The number of rotatable bonds is 4. The molecular formula is C20H26N4O2. The third-order valence-corrected chi connectivity index (χ3v) is 4.79. The maximum Gasteiger partial charge on any atom is 0.411 e. The SMILES string of the molecule is CCOC(=O)Nc1ccc(N2CCN(c3cccc(C)c3C)CC2)nc1. The van der Waals surface area contributed by atoms with E-state index in [9.17, 15) is 4.79 Å². The molecular weight excluding hydrogens is 328 g/mol. The molecule has 1 amide bonds. The average molecular weight is 354 g/mol. The Kier molecular flexibility index (Phi) is 5.61. The summed E-state index contributed by atoms with van der Waals surface area (Å²) in [6.07, 6.45) is 1.22. The first-order chi connectivity index (χ1) is 12.6. The molecule has 1 fully saturated rings. The second-order valence-corrected chi connectivity index (χ2v) is 6.44. The van der Waals surface area contributed by atoms with E-state index in [-0.39, 0.29) is 0 Å². The Labute approximate surface area is 154 Å². The van der Waals surface area contributed by atoms with Gasteiger partial charge in [0.05, 0.1) is 18.5 Å². The molecule has 3 rings (SSSR count). The number of benzene rings is 1. The lowest BCUT2D eigenvalue weighted by Crippen LogP contribution is -2.47. The van der Waals surface area contributed by atoms with Gasteiger partial charge in [-0.3, -0.25) is 5.32 Å². The Morgan fingerprint density at radius 2 is 1.85 bits per heavy atom. The minimum Gasteiger partial charge on any atom is -0.450 e. The number of carbonyl (C=O) groups is 1. The summed E-state index contributed by atoms with van der Waals surface area (Å²) in [5.74, 6) is 0.931. The van der Waals surface area contributed by atoms with E-state index in [0.29, 0.717) is 12.3 Å². The standard InChI is InChI=1S/C20H26N4O2/c1-4-26-20(25)22-17-8-9-19(21-14-17)24-12-10-23(11-13-24)18-7-5-6-15(2)16(18)3/h5-9,14H,4,10-13H2,1-3H3,(H,22,25). The van der Waals surface area contributed by atoms with Gasteiger partial charge in [-0.25, -0.2) is 9.78 Å². The molecule has 0 spiro atoms. The van der Waals surface area contributed by atoms with E-state index in [2.05, 4.69) is 52.1 Å². The molecule has 0 aliphatic carbocycles. The summed E-state index contributed by atoms with van der Waals surface area (Å²) in [4.78, 5) is 20.6. The van der Waals surface area contributed by atoms with Gasteiger partial charge < -0.3 is 14.5 Å². The summed E-state index contributed by atoms with van der Waals surface area (Å²) in [6, 6.07) is 10.3. The van der Waals surface area contributed by atoms with E-state index >= 15 is 0 Å². The van der Waals surface area contributed by atoms with Gasteiger partial charge in [0.1, 0.15) is 5.82 Å². The highest BCUT2D eigenvalue weighted by Gasteiger charge is 2.19. The minimum absolute atomic E-state index is 0.349. The molecule has 2 aromatic rings. The molecule has 26 heavy (non-hydrogen) atoms. The number of amides is 1. The molecule has 2 heterocycles. The first-order valence-electron chi connectivity index (χ1n) is 9.04. The van der Waals surface area contributed by atoms with Crippen molar-refractivity contribution in [2.45, 2.75) is 20.8 Å². The van der Waals surface area contributed by atoms with E-state index in [0.717, 1.165) is 32.0 Å². The molecule has 0 atom stereocenters. The summed E-state index contributed by atoms with van der Waals surface area (Å²) in [7, 11) is 0. The van der Waals surface area contributed by atoms with Crippen molar-refractivity contribution in [2.24, 2.45) is 0 Å². The van der Waals surface area contributed by atoms with Gasteiger partial charge in [0, 0.05) is 31.9 Å². The lowest BCUT2D eigenvalue weighted by Gasteiger charge is -2.37. The predicted octanol–water partition coefficient (Wildman–Crippen LogP) is 3.59. The van der Waals surface area contributed by atoms with Gasteiger partial charge in [-0.2, -0.15) is 0 Å². The van der Waals surface area contributed by atoms with Crippen LogP contribution in [0.4, 0.5) is 22.0 Å². The van der Waals surface area contributed by atoms with Crippen molar-refractivity contribution < 1.29 is 9.53 Å². The van der Waals surface area contributed by atoms with Crippen LogP contribution in [0, 0.1) is 13.8 Å². The van der Waals surface area contributed by atoms with Crippen molar-refractivity contribution in [3.05, 3.63) is 47.7 Å². The Hall–Kier alpha value is -2.76. The lowest BCUT2D eigenvalue weighted by atomic mass is 10.1. The van der Waals surface area contributed by atoms with Crippen molar-refractivity contribution in [1.82, 2.24) is 4.98 Å². The summed E-state index contributed by atoms with van der Waals surface area (Å²) in [6.45, 7) is 10.2. The summed E-state index contributed by atoms with van der Waals surface area (Å²) < 4.78 is 4.87. The number of aryl methyl sites for hydroxylation is 1. The van der Waals surface area contributed by atoms with Gasteiger partial charge in [0.2, 0.25) is 0 Å². The molecule has 0 unspecified atom stereocenters. The zero-order valence-corrected chi connectivity index (χ0v) is 15.7. The van der Waals surface area contributed by atoms with Crippen LogP contribution in [0.15, 0.2) is 36.5 Å². The Morgan fingerprint density at radius 1 is 1.12 bits per heavy atom. The minimum atomic E-state index is -0.454. The third-order valence-electron chi connectivity index (χ3n) is 4.79. The van der Waals surface area contributed by atoms with Crippen molar-refractivity contribution in [1.29, 1.82) is 0 Å². The van der Waals surface area contributed by atoms with Gasteiger partial charge in [0.25, 0.3) is 0 Å². The number of pyridine rings is 1. The number of anilines is 3. The fraction of sp³-hybridized carbons (Fsp3) is 0.400. The summed E-state index contributed by atoms with van der Waals surface area (Å²) in [5, 5.41) is 2.66. The van der Waals surface area contributed by atoms with Gasteiger partial charge in [0.15, 0.2) is 0 Å². The lowest BCUT2D eigenvalue weighted by molar-refractivity contribution is 0.168. The molecule has 1 aromatic heterocycles. The van der Waals surface area contributed by atoms with Crippen LogP contribution in [0.2, 0.25) is 0 Å². The maximum atomic E-state index is 11.4. The number of nitrogens with zero attached hydrogens (tertiary/aromatic N) is 3. The first kappa shape index (κ1) is 18.0. The maximum absolute atomic E-state index is 11.4. The third kappa shape index (κ3) is 4.07. The number of hydrogen-bond donors (Lipinski definition) is 1. The largest absolute Gasteiger partial charge is 0.450 e. The second-order valence-electron chi connectivity index (χ2n) is 6.44. The quantitative estimate of drug-likeness (QED) is 0.909. The fourth-order valence-electron chi connectivity index (χ4n) is 3.19. The molecule has 1 saturated heterocycles. The zero-order chi connectivity index (χ0) is 18.5. The normalized spacial score (nSPS) is 14.3. The number of hydrogen-bond acceptors (Lipinski definition) is 5. The van der Waals surface area contributed by atoms with Gasteiger partial charge in [-0.1, -0.05) is 12.1 Å². The highest BCUT2D eigenvalue weighted by Crippen LogP contribution is 2.25. The van der Waals surface area contributed by atoms with Crippen LogP contribution in [-0.2, 0) is 4.74 Å². The smallest absolute Gasteiger partial charge is 0.411 e. The fourth-order valence-corrected chi connectivity index (χ4v) is 3.19. The van der Waals surface area contributed by atoms with Gasteiger partial charge >= 0.3 is 6.09 Å². The van der Waals surface area contributed by atoms with Gasteiger partial charge in [-0.05, 0) is 50.1 Å². The Morgan fingerprint density at radius 3 is 2.50 bits per heavy atom. The molecule has 0 saturated carbocycles. The first-order valence-corrected chi connectivity index (χ1v) is 9.04. The molecule has 1 aliphatic heterocycles. The molecule has 0 bridgehead atoms. The summed E-state index contributed by atoms with van der Waals surface area (Å²) >= 11 is 0. The van der Waals surface area contributed by atoms with Crippen LogP contribution in [0.5, 0.6) is 0 Å². The molecule has 6 nitrogen and oxygen atoms in total. The number of ether oxygens (including phenoxy) is 1. The highest BCUT2D eigenvalue weighted by molar-refractivity contribution is 5.84. The van der Waals surface area contributed by atoms with Crippen molar-refractivity contribution in [3.8, 4) is 0 Å². The zero-order valence-electron chi connectivity index (χ0n) is 15.7. The summed E-state index contributed by atoms with van der Waals surface area (Å²) in [5.41, 5.74) is 4.65. The molecule has 1 aromatic carbocycles. The van der Waals surface area contributed by atoms with Crippen LogP contribution in [0.1, 0.15) is 18.1 Å². The van der Waals surface area contributed by atoms with E-state index in [1.54, 1.807) is 13.1 Å². The Bertz CT molecular complexity index is 753. The van der Waals surface area contributed by atoms with E-state index < -0.39 is 6.09 Å². The van der Waals surface area contributed by atoms with Crippen molar-refractivity contribution >= 4 is 23.3 Å². The van der Waals surface area contributed by atoms with Crippen LogP contribution in [-0.4, -0.2) is 43.9 Å². The molecule has 1 N–H and O–H groups in total. The predicted molar refractivity (Wildman–Crippen MR) is 105 cm³/mol. The number of carbonyl (C=O) groups excluding carboxylic acids is 1. The van der Waals surface area contributed by atoms with E-state index in [4.69, 9.17) is 4.74 Å². The van der Waals surface area contributed by atoms with E-state index in [1.165, 1.54) is 16.8 Å².